The van der Waals surface area contributed by atoms with Crippen molar-refractivity contribution < 1.29 is 19.4 Å². The van der Waals surface area contributed by atoms with Crippen LogP contribution in [-0.2, 0) is 9.53 Å². The predicted octanol–water partition coefficient (Wildman–Crippen LogP) is 7.09. The number of carbonyl (C=O) groups excluding carboxylic acids is 2. The van der Waals surface area contributed by atoms with Crippen molar-refractivity contribution >= 4 is 27.9 Å². The van der Waals surface area contributed by atoms with Crippen molar-refractivity contribution in [3.05, 3.63) is 82.4 Å². The van der Waals surface area contributed by atoms with Gasteiger partial charge >= 0.3 is 6.09 Å². The first-order chi connectivity index (χ1) is 19.3. The largest absolute Gasteiger partial charge is 0.446 e. The van der Waals surface area contributed by atoms with Crippen LogP contribution in [0.15, 0.2) is 71.3 Å². The molecule has 6 atom stereocenters. The molecule has 1 heterocycles. The number of hydrogen-bond donors (Lipinski definition) is 3. The summed E-state index contributed by atoms with van der Waals surface area (Å²) in [6, 6.07) is 5.60. The van der Waals surface area contributed by atoms with E-state index in [-0.39, 0.29) is 35.8 Å². The van der Waals surface area contributed by atoms with E-state index < -0.39 is 17.6 Å². The first-order valence-corrected chi connectivity index (χ1v) is 15.0. The number of carbonyl (C=O) groups is 2. The lowest BCUT2D eigenvalue weighted by Crippen LogP contribution is -2.36. The third kappa shape index (κ3) is 11.7. The van der Waals surface area contributed by atoms with Gasteiger partial charge in [0.2, 0.25) is 5.91 Å². The fourth-order valence-corrected chi connectivity index (χ4v) is 5.21. The highest BCUT2D eigenvalue weighted by Crippen LogP contribution is 2.38. The third-order valence-electron chi connectivity index (χ3n) is 7.30. The van der Waals surface area contributed by atoms with Crippen LogP contribution >= 0.6 is 15.9 Å². The molecule has 7 heteroatoms. The van der Waals surface area contributed by atoms with E-state index in [0.717, 1.165) is 15.6 Å². The van der Waals surface area contributed by atoms with E-state index in [9.17, 15) is 14.7 Å². The van der Waals surface area contributed by atoms with Crippen LogP contribution in [0.5, 0.6) is 0 Å². The minimum Gasteiger partial charge on any atom is -0.446 e. The number of amides is 2. The van der Waals surface area contributed by atoms with Crippen LogP contribution < -0.4 is 11.1 Å². The highest BCUT2D eigenvalue weighted by Gasteiger charge is 2.28. The maximum absolute atomic E-state index is 12.6. The van der Waals surface area contributed by atoms with E-state index in [4.69, 9.17) is 10.5 Å². The van der Waals surface area contributed by atoms with Gasteiger partial charge in [0.1, 0.15) is 6.10 Å². The van der Waals surface area contributed by atoms with Crippen LogP contribution in [0, 0.1) is 41.9 Å². The Kier molecular flexibility index (Phi) is 13.6. The van der Waals surface area contributed by atoms with Gasteiger partial charge in [0, 0.05) is 9.89 Å². The number of nitrogens with one attached hydrogen (secondary N) is 1. The SMILES string of the molecule is Cc1cccc([C@@H](O)C(C)(C)/C=C/C#C/C=C/[C@@H]2NC(=O)/C=C\C[C@H](C)C[C@H](OC(N)=O)C[C@H](C)/C=C/C2C)c1Br. The summed E-state index contributed by atoms with van der Waals surface area (Å²) in [4.78, 5) is 24.0. The van der Waals surface area contributed by atoms with Crippen LogP contribution in [-0.4, -0.2) is 29.3 Å². The second kappa shape index (κ2) is 16.4. The first-order valence-electron chi connectivity index (χ1n) is 14.2. The van der Waals surface area contributed by atoms with E-state index in [2.05, 4.69) is 59.1 Å². The number of benzene rings is 1. The van der Waals surface area contributed by atoms with Crippen molar-refractivity contribution in [1.82, 2.24) is 5.32 Å². The van der Waals surface area contributed by atoms with Crippen LogP contribution in [0.4, 0.5) is 4.79 Å². The summed E-state index contributed by atoms with van der Waals surface area (Å²) in [7, 11) is 0. The normalized spacial score (nSPS) is 26.8. The van der Waals surface area contributed by atoms with Crippen molar-refractivity contribution in [3.8, 4) is 11.8 Å². The fraction of sp³-hybridized carbons (Fsp3) is 0.471. The number of nitrogens with two attached hydrogens (primary N) is 1. The fourth-order valence-electron chi connectivity index (χ4n) is 4.73. The maximum Gasteiger partial charge on any atom is 0.404 e. The molecule has 0 bridgehead atoms. The Morgan fingerprint density at radius 1 is 1.20 bits per heavy atom. The number of rotatable bonds is 5. The molecule has 1 aromatic rings. The molecule has 41 heavy (non-hydrogen) atoms. The number of halogens is 1. The standard InChI is InChI=1S/C34H45BrN2O4/c1-23-13-11-17-30(38)37-29(25(3)19-18-24(2)22-27(21-23)41-33(36)40)16-9-7-8-10-20-34(5,6)32(39)28-15-12-14-26(4)31(28)35/h9-12,14-20,23-25,27,29,32,39H,13,21-22H2,1-6H3,(H2,36,40)(H,37,38)/b16-9+,17-11-,19-18+,20-10+/t23-,24+,25?,27-,29-,32+/m0/s1. The van der Waals surface area contributed by atoms with Crippen LogP contribution in [0.3, 0.4) is 0 Å². The molecule has 0 aliphatic carbocycles. The summed E-state index contributed by atoms with van der Waals surface area (Å²) in [5.41, 5.74) is 6.68. The van der Waals surface area contributed by atoms with E-state index >= 15 is 0 Å². The molecule has 1 aromatic carbocycles. The third-order valence-corrected chi connectivity index (χ3v) is 8.38. The molecule has 0 spiro atoms. The summed E-state index contributed by atoms with van der Waals surface area (Å²) in [5.74, 6) is 6.26. The summed E-state index contributed by atoms with van der Waals surface area (Å²) in [6.07, 6.45) is 15.2. The number of ether oxygens (including phenoxy) is 1. The molecule has 1 aliphatic rings. The molecule has 0 saturated heterocycles. The van der Waals surface area contributed by atoms with E-state index in [1.54, 1.807) is 18.2 Å². The summed E-state index contributed by atoms with van der Waals surface area (Å²) < 4.78 is 6.28. The van der Waals surface area contributed by atoms with Crippen LogP contribution in [0.2, 0.25) is 0 Å². The highest BCUT2D eigenvalue weighted by atomic mass is 79.9. The van der Waals surface area contributed by atoms with Crippen molar-refractivity contribution in [1.29, 1.82) is 0 Å². The molecular weight excluding hydrogens is 580 g/mol. The second-order valence-corrected chi connectivity index (χ2v) is 12.5. The van der Waals surface area contributed by atoms with Crippen molar-refractivity contribution in [2.24, 2.45) is 28.9 Å². The summed E-state index contributed by atoms with van der Waals surface area (Å²) in [6.45, 7) is 12.1. The molecule has 0 saturated carbocycles. The molecule has 6 nitrogen and oxygen atoms in total. The Bertz CT molecular complexity index is 1220. The lowest BCUT2D eigenvalue weighted by atomic mass is 9.82. The van der Waals surface area contributed by atoms with Gasteiger partial charge in [0.25, 0.3) is 0 Å². The van der Waals surface area contributed by atoms with Gasteiger partial charge in [-0.25, -0.2) is 4.79 Å². The summed E-state index contributed by atoms with van der Waals surface area (Å²) >= 11 is 3.59. The van der Waals surface area contributed by atoms with Crippen molar-refractivity contribution in [2.75, 3.05) is 0 Å². The zero-order valence-electron chi connectivity index (χ0n) is 25.1. The number of primary amides is 1. The van der Waals surface area contributed by atoms with Gasteiger partial charge in [-0.05, 0) is 73.3 Å². The molecule has 4 N–H and O–H groups in total. The zero-order valence-corrected chi connectivity index (χ0v) is 26.6. The first kappa shape index (κ1) is 34.1. The number of aryl methyl sites for hydroxylation is 1. The van der Waals surface area contributed by atoms with Crippen LogP contribution in [0.1, 0.15) is 71.1 Å². The number of aliphatic hydroxyl groups excluding tert-OH is 1. The molecule has 1 unspecified atom stereocenters. The summed E-state index contributed by atoms with van der Waals surface area (Å²) in [5, 5.41) is 14.1. The smallest absolute Gasteiger partial charge is 0.404 e. The number of hydrogen-bond acceptors (Lipinski definition) is 4. The molecular formula is C34H45BrN2O4. The monoisotopic (exact) mass is 624 g/mol. The minimum atomic E-state index is -0.761. The lowest BCUT2D eigenvalue weighted by Gasteiger charge is -2.28. The topological polar surface area (TPSA) is 102 Å². The van der Waals surface area contributed by atoms with Gasteiger partial charge in [-0.3, -0.25) is 4.79 Å². The Labute approximate surface area is 254 Å². The molecule has 2 amide bonds. The Hall–Kier alpha value is -3.08. The molecule has 0 fully saturated rings. The van der Waals surface area contributed by atoms with Gasteiger partial charge in [0.05, 0.1) is 12.1 Å². The molecule has 1 aliphatic heterocycles. The van der Waals surface area contributed by atoms with Crippen molar-refractivity contribution in [3.63, 3.8) is 0 Å². The number of aliphatic hydroxyl groups is 1. The van der Waals surface area contributed by atoms with Gasteiger partial charge in [-0.1, -0.05) is 111 Å². The molecule has 222 valence electrons. The van der Waals surface area contributed by atoms with Gasteiger partial charge in [-0.15, -0.1) is 0 Å². The lowest BCUT2D eigenvalue weighted by molar-refractivity contribution is -0.117. The highest BCUT2D eigenvalue weighted by molar-refractivity contribution is 9.10. The van der Waals surface area contributed by atoms with Gasteiger partial charge < -0.3 is 20.9 Å². The van der Waals surface area contributed by atoms with Gasteiger partial charge in [0.15, 0.2) is 0 Å². The molecule has 2 rings (SSSR count). The average Bonchev–Trinajstić information content (AvgIpc) is 2.88. The van der Waals surface area contributed by atoms with Gasteiger partial charge in [-0.2, -0.15) is 0 Å². The molecule has 0 radical (unpaired) electrons. The second-order valence-electron chi connectivity index (χ2n) is 11.7. The Balaban J connectivity index is 2.15. The Morgan fingerprint density at radius 3 is 2.61 bits per heavy atom. The van der Waals surface area contributed by atoms with E-state index in [1.807, 2.05) is 64.1 Å². The predicted molar refractivity (Wildman–Crippen MR) is 170 cm³/mol. The molecule has 0 aromatic heterocycles. The van der Waals surface area contributed by atoms with Crippen LogP contribution in [0.25, 0.3) is 0 Å². The number of allylic oxidation sites excluding steroid dienone is 4. The maximum atomic E-state index is 12.6. The Morgan fingerprint density at radius 2 is 1.90 bits per heavy atom. The minimum absolute atomic E-state index is 0.00243. The average molecular weight is 626 g/mol. The van der Waals surface area contributed by atoms with E-state index in [1.165, 1.54) is 0 Å². The van der Waals surface area contributed by atoms with E-state index in [0.29, 0.717) is 19.3 Å². The quantitative estimate of drug-likeness (QED) is 0.240. The van der Waals surface area contributed by atoms with Crippen molar-refractivity contribution in [2.45, 2.75) is 79.1 Å². The zero-order chi connectivity index (χ0) is 30.6.